The molecule has 7 heteroatoms. The first kappa shape index (κ1) is 9.78. The second-order valence-corrected chi connectivity index (χ2v) is 5.21. The average Bonchev–Trinajstić information content (AvgIpc) is 2.03. The van der Waals surface area contributed by atoms with Crippen LogP contribution < -0.4 is 4.46 Å². The fourth-order valence-corrected chi connectivity index (χ4v) is 1.75. The second-order valence-electron chi connectivity index (χ2n) is 2.23. The molecule has 0 saturated carbocycles. The molecule has 13 heavy (non-hydrogen) atoms. The number of hydrogen-bond acceptors (Lipinski definition) is 4. The van der Waals surface area contributed by atoms with E-state index in [1.54, 1.807) is 0 Å². The SMILES string of the molecule is O=[N+]([O-])c1ccc([Se](=O)(=O)O)cc1. The zero-order chi connectivity index (χ0) is 10.1. The Kier molecular flexibility index (Phi) is 2.42. The molecule has 0 spiro atoms. The predicted octanol–water partition coefficient (Wildman–Crippen LogP) is -0.406. The van der Waals surface area contributed by atoms with Gasteiger partial charge in [0, 0.05) is 0 Å². The van der Waals surface area contributed by atoms with Gasteiger partial charge in [0.2, 0.25) is 0 Å². The van der Waals surface area contributed by atoms with Crippen molar-refractivity contribution in [2.24, 2.45) is 0 Å². The number of nitro groups is 1. The quantitative estimate of drug-likeness (QED) is 0.437. The summed E-state index contributed by atoms with van der Waals surface area (Å²) >= 11 is -4.98. The van der Waals surface area contributed by atoms with Crippen molar-refractivity contribution in [1.29, 1.82) is 0 Å². The first-order chi connectivity index (χ1) is 5.91. The minimum absolute atomic E-state index is 0.218. The number of rotatable bonds is 2. The van der Waals surface area contributed by atoms with Gasteiger partial charge in [-0.2, -0.15) is 0 Å². The summed E-state index contributed by atoms with van der Waals surface area (Å²) in [5.74, 6) is 0. The van der Waals surface area contributed by atoms with Crippen molar-refractivity contribution in [3.05, 3.63) is 34.4 Å². The second kappa shape index (κ2) is 3.21. The van der Waals surface area contributed by atoms with Crippen molar-refractivity contribution < 1.29 is 16.8 Å². The Balaban J connectivity index is 3.16. The number of non-ortho nitro benzene ring substituents is 1. The first-order valence-corrected chi connectivity index (χ1v) is 6.15. The van der Waals surface area contributed by atoms with Crippen LogP contribution in [0.4, 0.5) is 5.69 Å². The monoisotopic (exact) mass is 251 g/mol. The summed E-state index contributed by atoms with van der Waals surface area (Å²) in [6.07, 6.45) is 0. The molecule has 0 bridgehead atoms. The van der Waals surface area contributed by atoms with Gasteiger partial charge in [-0.05, 0) is 0 Å². The van der Waals surface area contributed by atoms with E-state index in [1.165, 1.54) is 0 Å². The molecule has 0 fully saturated rings. The van der Waals surface area contributed by atoms with Gasteiger partial charge in [0.15, 0.2) is 0 Å². The molecular weight excluding hydrogens is 245 g/mol. The zero-order valence-corrected chi connectivity index (χ0v) is 7.96. The van der Waals surface area contributed by atoms with Crippen LogP contribution >= 0.6 is 0 Å². The van der Waals surface area contributed by atoms with Gasteiger partial charge in [-0.3, -0.25) is 0 Å². The number of hydrogen-bond donors (Lipinski definition) is 1. The van der Waals surface area contributed by atoms with E-state index < -0.39 is 18.0 Å². The summed E-state index contributed by atoms with van der Waals surface area (Å²) in [6.45, 7) is 0. The van der Waals surface area contributed by atoms with E-state index in [0.717, 1.165) is 24.3 Å². The molecule has 1 aromatic carbocycles. The Labute approximate surface area is 74.9 Å². The molecule has 70 valence electrons. The standard InChI is InChI=1S/C6H5NO5Se/c8-7(9)5-1-3-6(4-2-5)13(10,11)12/h1-4H,(H,10,11,12). The van der Waals surface area contributed by atoms with Gasteiger partial charge in [-0.1, -0.05) is 0 Å². The third-order valence-electron chi connectivity index (χ3n) is 1.35. The van der Waals surface area contributed by atoms with E-state index in [-0.39, 0.29) is 10.1 Å². The molecule has 1 rings (SSSR count). The van der Waals surface area contributed by atoms with Gasteiger partial charge >= 0.3 is 74.3 Å². The van der Waals surface area contributed by atoms with Crippen molar-refractivity contribution in [2.45, 2.75) is 0 Å². The van der Waals surface area contributed by atoms with Gasteiger partial charge < -0.3 is 0 Å². The molecule has 6 nitrogen and oxygen atoms in total. The average molecular weight is 250 g/mol. The van der Waals surface area contributed by atoms with Crippen molar-refractivity contribution in [1.82, 2.24) is 0 Å². The molecule has 0 heterocycles. The number of nitrogens with zero attached hydrogens (tertiary/aromatic N) is 1. The fraction of sp³-hybridized carbons (Fsp3) is 0. The summed E-state index contributed by atoms with van der Waals surface area (Å²) < 4.78 is 29.4. The van der Waals surface area contributed by atoms with E-state index in [4.69, 9.17) is 4.19 Å². The third-order valence-corrected chi connectivity index (χ3v) is 3.17. The third kappa shape index (κ3) is 2.32. The maximum absolute atomic E-state index is 10.6. The van der Waals surface area contributed by atoms with Crippen LogP contribution in [-0.4, -0.2) is 22.2 Å². The van der Waals surface area contributed by atoms with Crippen LogP contribution in [0.5, 0.6) is 0 Å². The Morgan fingerprint density at radius 2 is 1.69 bits per heavy atom. The predicted molar refractivity (Wildman–Crippen MR) is 42.1 cm³/mol. The Hall–Kier alpha value is -1.30. The van der Waals surface area contributed by atoms with E-state index in [9.17, 15) is 17.8 Å². The number of benzene rings is 1. The van der Waals surface area contributed by atoms with Crippen molar-refractivity contribution in [2.75, 3.05) is 0 Å². The van der Waals surface area contributed by atoms with Crippen LogP contribution in [0.25, 0.3) is 0 Å². The molecule has 0 radical (unpaired) electrons. The van der Waals surface area contributed by atoms with Crippen LogP contribution in [0.1, 0.15) is 0 Å². The van der Waals surface area contributed by atoms with Gasteiger partial charge in [-0.15, -0.1) is 0 Å². The first-order valence-electron chi connectivity index (χ1n) is 3.13. The topological polar surface area (TPSA) is 97.5 Å². The van der Waals surface area contributed by atoms with Gasteiger partial charge in [-0.25, -0.2) is 0 Å². The van der Waals surface area contributed by atoms with E-state index >= 15 is 0 Å². The minimum atomic E-state index is -4.98. The van der Waals surface area contributed by atoms with Crippen LogP contribution in [0.3, 0.4) is 0 Å². The van der Waals surface area contributed by atoms with Gasteiger partial charge in [0.05, 0.1) is 0 Å². The van der Waals surface area contributed by atoms with Crippen molar-refractivity contribution in [3.8, 4) is 0 Å². The Bertz CT molecular complexity index is 421. The molecule has 0 saturated heterocycles. The summed E-state index contributed by atoms with van der Waals surface area (Å²) in [5.41, 5.74) is -0.218. The number of nitro benzene ring substituents is 1. The molecule has 0 atom stereocenters. The molecule has 1 aromatic rings. The molecule has 0 unspecified atom stereocenters. The van der Waals surface area contributed by atoms with Crippen LogP contribution in [0, 0.1) is 10.1 Å². The molecule has 0 aliphatic carbocycles. The Morgan fingerprint density at radius 3 is 2.00 bits per heavy atom. The van der Waals surface area contributed by atoms with Crippen LogP contribution in [0.2, 0.25) is 0 Å². The van der Waals surface area contributed by atoms with E-state index in [0.29, 0.717) is 0 Å². The molecular formula is C6H5NO5Se. The van der Waals surface area contributed by atoms with Gasteiger partial charge in [0.1, 0.15) is 0 Å². The molecule has 0 aliphatic heterocycles. The normalized spacial score (nSPS) is 11.2. The summed E-state index contributed by atoms with van der Waals surface area (Å²) in [7, 11) is 0. The van der Waals surface area contributed by atoms with E-state index in [2.05, 4.69) is 0 Å². The maximum atomic E-state index is 10.6. The summed E-state index contributed by atoms with van der Waals surface area (Å²) in [4.78, 5) is 9.51. The fourth-order valence-electron chi connectivity index (χ4n) is 0.740. The van der Waals surface area contributed by atoms with Crippen molar-refractivity contribution >= 4 is 23.2 Å². The zero-order valence-electron chi connectivity index (χ0n) is 6.25. The molecule has 1 N–H and O–H groups in total. The Morgan fingerprint density at radius 1 is 1.23 bits per heavy atom. The molecule has 0 aromatic heterocycles. The molecule has 0 amide bonds. The summed E-state index contributed by atoms with van der Waals surface area (Å²) in [5, 5.41) is 10.2. The van der Waals surface area contributed by atoms with Crippen LogP contribution in [0.15, 0.2) is 24.3 Å². The van der Waals surface area contributed by atoms with Crippen LogP contribution in [-0.2, 0) is 7.67 Å². The van der Waals surface area contributed by atoms with E-state index in [1.807, 2.05) is 0 Å². The van der Waals surface area contributed by atoms with Crippen molar-refractivity contribution in [3.63, 3.8) is 0 Å². The van der Waals surface area contributed by atoms with Gasteiger partial charge in [0.25, 0.3) is 0 Å². The molecule has 0 aliphatic rings. The summed E-state index contributed by atoms with van der Waals surface area (Å²) in [6, 6.07) is 4.04.